The van der Waals surface area contributed by atoms with Gasteiger partial charge in [-0.1, -0.05) is 36.5 Å². The fourth-order valence-electron chi connectivity index (χ4n) is 3.66. The zero-order valence-corrected chi connectivity index (χ0v) is 18.4. The van der Waals surface area contributed by atoms with Crippen molar-refractivity contribution in [2.45, 2.75) is 26.2 Å². The van der Waals surface area contributed by atoms with Gasteiger partial charge >= 0.3 is 0 Å². The molecular formula is C22H27N3O2S2. The largest absolute Gasteiger partial charge is 0.379 e. The molecule has 29 heavy (non-hydrogen) atoms. The van der Waals surface area contributed by atoms with E-state index in [2.05, 4.69) is 30.0 Å². The van der Waals surface area contributed by atoms with Crippen molar-refractivity contribution >= 4 is 43.9 Å². The van der Waals surface area contributed by atoms with E-state index in [1.165, 1.54) is 5.56 Å². The number of amides is 1. The molecule has 2 aromatic heterocycles. The summed E-state index contributed by atoms with van der Waals surface area (Å²) in [6.45, 7) is 7.39. The molecule has 4 rings (SSSR count). The number of aryl methyl sites for hydroxylation is 1. The van der Waals surface area contributed by atoms with Gasteiger partial charge in [0.25, 0.3) is 0 Å². The van der Waals surface area contributed by atoms with Crippen LogP contribution >= 0.6 is 22.7 Å². The number of anilines is 1. The lowest BCUT2D eigenvalue weighted by Crippen LogP contribution is -2.39. The number of hydrogen-bond donors (Lipinski definition) is 0. The molecule has 0 spiro atoms. The van der Waals surface area contributed by atoms with Gasteiger partial charge in [-0.15, -0.1) is 11.3 Å². The van der Waals surface area contributed by atoms with E-state index in [0.29, 0.717) is 13.0 Å². The van der Waals surface area contributed by atoms with E-state index in [4.69, 9.17) is 9.72 Å². The quantitative estimate of drug-likeness (QED) is 0.538. The molecule has 3 aromatic rings. The molecular weight excluding hydrogens is 402 g/mol. The smallest absolute Gasteiger partial charge is 0.234 e. The lowest BCUT2D eigenvalue weighted by molar-refractivity contribution is -0.118. The zero-order chi connectivity index (χ0) is 20.1. The molecule has 0 saturated carbocycles. The van der Waals surface area contributed by atoms with E-state index in [-0.39, 0.29) is 5.91 Å². The number of thiazole rings is 1. The van der Waals surface area contributed by atoms with Gasteiger partial charge < -0.3 is 4.74 Å². The van der Waals surface area contributed by atoms with Crippen LogP contribution in [0.1, 0.15) is 23.8 Å². The molecule has 154 valence electrons. The van der Waals surface area contributed by atoms with Gasteiger partial charge in [-0.3, -0.25) is 14.6 Å². The minimum absolute atomic E-state index is 0.131. The van der Waals surface area contributed by atoms with Gasteiger partial charge in [-0.2, -0.15) is 0 Å². The summed E-state index contributed by atoms with van der Waals surface area (Å²) in [5.41, 5.74) is 2.28. The Morgan fingerprint density at radius 3 is 2.86 bits per heavy atom. The third-order valence-corrected chi connectivity index (χ3v) is 7.19. The maximum atomic E-state index is 13.2. The summed E-state index contributed by atoms with van der Waals surface area (Å²) in [4.78, 5) is 23.5. The van der Waals surface area contributed by atoms with Crippen molar-refractivity contribution in [1.82, 2.24) is 9.88 Å². The first-order chi connectivity index (χ1) is 14.2. The summed E-state index contributed by atoms with van der Waals surface area (Å²) >= 11 is 3.26. The first-order valence-corrected chi connectivity index (χ1v) is 12.0. The Labute approximate surface area is 179 Å². The molecule has 0 bridgehead atoms. The maximum Gasteiger partial charge on any atom is 0.234 e. The van der Waals surface area contributed by atoms with Gasteiger partial charge in [0.15, 0.2) is 5.13 Å². The highest BCUT2D eigenvalue weighted by molar-refractivity contribution is 7.22. The van der Waals surface area contributed by atoms with Crippen LogP contribution in [0.4, 0.5) is 5.13 Å². The first-order valence-electron chi connectivity index (χ1n) is 10.3. The summed E-state index contributed by atoms with van der Waals surface area (Å²) in [6.07, 6.45) is 2.32. The molecule has 7 heteroatoms. The van der Waals surface area contributed by atoms with E-state index in [9.17, 15) is 4.79 Å². The van der Waals surface area contributed by atoms with E-state index in [1.54, 1.807) is 22.7 Å². The van der Waals surface area contributed by atoms with Crippen LogP contribution in [0.25, 0.3) is 10.2 Å². The fourth-order valence-corrected chi connectivity index (χ4v) is 5.41. The summed E-state index contributed by atoms with van der Waals surface area (Å²) in [5, 5.41) is 2.85. The second kappa shape index (κ2) is 9.80. The van der Waals surface area contributed by atoms with Crippen LogP contribution in [0.15, 0.2) is 35.7 Å². The van der Waals surface area contributed by atoms with Gasteiger partial charge in [-0.05, 0) is 35.9 Å². The lowest BCUT2D eigenvalue weighted by atomic mass is 10.1. The number of carbonyl (C=O) groups excluding carboxylic acids is 1. The predicted octanol–water partition coefficient (Wildman–Crippen LogP) is 4.22. The number of morpholine rings is 1. The zero-order valence-electron chi connectivity index (χ0n) is 16.8. The highest BCUT2D eigenvalue weighted by atomic mass is 32.1. The maximum absolute atomic E-state index is 13.2. The first kappa shape index (κ1) is 20.5. The number of thiophene rings is 1. The monoisotopic (exact) mass is 429 g/mol. The van der Waals surface area contributed by atoms with E-state index in [0.717, 1.165) is 65.9 Å². The van der Waals surface area contributed by atoms with Gasteiger partial charge in [0.1, 0.15) is 0 Å². The van der Waals surface area contributed by atoms with E-state index < -0.39 is 0 Å². The third-order valence-electron chi connectivity index (χ3n) is 5.27. The van der Waals surface area contributed by atoms with Crippen LogP contribution in [0.3, 0.4) is 0 Å². The summed E-state index contributed by atoms with van der Waals surface area (Å²) in [6, 6.07) is 10.3. The normalized spacial score (nSPS) is 15.1. The Balaban J connectivity index is 1.52. The molecule has 1 saturated heterocycles. The van der Waals surface area contributed by atoms with Crippen LogP contribution in [-0.4, -0.2) is 55.2 Å². The second-order valence-corrected chi connectivity index (χ2v) is 9.26. The third kappa shape index (κ3) is 5.04. The highest BCUT2D eigenvalue weighted by Gasteiger charge is 2.21. The Morgan fingerprint density at radius 2 is 2.10 bits per heavy atom. The predicted molar refractivity (Wildman–Crippen MR) is 121 cm³/mol. The van der Waals surface area contributed by atoms with Crippen LogP contribution in [0.2, 0.25) is 0 Å². The average molecular weight is 430 g/mol. The number of rotatable bonds is 8. The molecule has 0 atom stereocenters. The number of fused-ring (bicyclic) bond motifs is 1. The molecule has 0 N–H and O–H groups in total. The van der Waals surface area contributed by atoms with Crippen molar-refractivity contribution < 1.29 is 9.53 Å². The van der Waals surface area contributed by atoms with E-state index >= 15 is 0 Å². The molecule has 0 aliphatic carbocycles. The van der Waals surface area contributed by atoms with Crippen molar-refractivity contribution in [2.24, 2.45) is 0 Å². The van der Waals surface area contributed by atoms with Crippen LogP contribution < -0.4 is 4.90 Å². The number of ether oxygens (including phenoxy) is 1. The number of aromatic nitrogens is 1. The van der Waals surface area contributed by atoms with Gasteiger partial charge in [-0.25, -0.2) is 4.98 Å². The van der Waals surface area contributed by atoms with Crippen LogP contribution in [0.5, 0.6) is 0 Å². The Hall–Kier alpha value is -1.80. The van der Waals surface area contributed by atoms with Gasteiger partial charge in [0, 0.05) is 31.1 Å². The standard InChI is InChI=1S/C22H27N3O2S2/c1-2-17-6-3-8-19-21(17)23-22(29-19)25(20(26)16-18-7-4-15-28-18)10-5-9-24-11-13-27-14-12-24/h3-4,6-8,15H,2,5,9-14,16H2,1H3. The van der Waals surface area contributed by atoms with Crippen LogP contribution in [-0.2, 0) is 22.4 Å². The van der Waals surface area contributed by atoms with Gasteiger partial charge in [0.05, 0.1) is 29.9 Å². The summed E-state index contributed by atoms with van der Waals surface area (Å²) < 4.78 is 6.59. The second-order valence-electron chi connectivity index (χ2n) is 7.22. The Bertz CT molecular complexity index is 933. The van der Waals surface area contributed by atoms with E-state index in [1.807, 2.05) is 22.4 Å². The topological polar surface area (TPSA) is 45.7 Å². The molecule has 1 fully saturated rings. The van der Waals surface area contributed by atoms with Crippen LogP contribution in [0, 0.1) is 0 Å². The number of hydrogen-bond acceptors (Lipinski definition) is 6. The molecule has 3 heterocycles. The molecule has 0 unspecified atom stereocenters. The number of carbonyl (C=O) groups is 1. The lowest BCUT2D eigenvalue weighted by Gasteiger charge is -2.27. The van der Waals surface area contributed by atoms with Crippen molar-refractivity contribution in [3.63, 3.8) is 0 Å². The molecule has 1 aliphatic rings. The summed E-state index contributed by atoms with van der Waals surface area (Å²) in [5.74, 6) is 0.131. The van der Waals surface area contributed by atoms with Crippen molar-refractivity contribution in [2.75, 3.05) is 44.3 Å². The van der Waals surface area contributed by atoms with Crippen molar-refractivity contribution in [1.29, 1.82) is 0 Å². The van der Waals surface area contributed by atoms with Crippen molar-refractivity contribution in [3.8, 4) is 0 Å². The Kier molecular flexibility index (Phi) is 6.92. The minimum atomic E-state index is 0.131. The molecule has 0 radical (unpaired) electrons. The number of benzene rings is 1. The number of nitrogens with zero attached hydrogens (tertiary/aromatic N) is 3. The van der Waals surface area contributed by atoms with Gasteiger partial charge in [0.2, 0.25) is 5.91 Å². The minimum Gasteiger partial charge on any atom is -0.379 e. The number of para-hydroxylation sites is 1. The highest BCUT2D eigenvalue weighted by Crippen LogP contribution is 2.31. The molecule has 1 aliphatic heterocycles. The molecule has 5 nitrogen and oxygen atoms in total. The molecule has 1 aromatic carbocycles. The van der Waals surface area contributed by atoms with Crippen molar-refractivity contribution in [3.05, 3.63) is 46.2 Å². The Morgan fingerprint density at radius 1 is 1.24 bits per heavy atom. The molecule has 1 amide bonds. The summed E-state index contributed by atoms with van der Waals surface area (Å²) in [7, 11) is 0. The fraction of sp³-hybridized carbons (Fsp3) is 0.455. The SMILES string of the molecule is CCc1cccc2sc(N(CCCN3CCOCC3)C(=O)Cc3cccs3)nc12. The average Bonchev–Trinajstić information content (AvgIpc) is 3.41.